The molecule has 1 aromatic carbocycles. The third kappa shape index (κ3) is 4.11. The Morgan fingerprint density at radius 3 is 2.41 bits per heavy atom. The number of rotatable bonds is 4. The highest BCUT2D eigenvalue weighted by Crippen LogP contribution is 2.21. The van der Waals surface area contributed by atoms with E-state index in [9.17, 15) is 14.7 Å². The molecule has 0 saturated heterocycles. The summed E-state index contributed by atoms with van der Waals surface area (Å²) in [5.41, 5.74) is 4.49. The van der Waals surface area contributed by atoms with Crippen molar-refractivity contribution in [2.45, 2.75) is 41.0 Å². The molecule has 0 fully saturated rings. The van der Waals surface area contributed by atoms with Gasteiger partial charge in [-0.25, -0.2) is 4.79 Å². The predicted molar refractivity (Wildman–Crippen MR) is 111 cm³/mol. The first kappa shape index (κ1) is 20.4. The Hall–Kier alpha value is -2.88. The predicted octanol–water partition coefficient (Wildman–Crippen LogP) is 3.39. The molecule has 1 heterocycles. The first-order valence-electron chi connectivity index (χ1n) is 9.10. The zero-order valence-corrected chi connectivity index (χ0v) is 16.9. The Balaban J connectivity index is 2.88. The normalized spacial score (nSPS) is 13.7. The summed E-state index contributed by atoms with van der Waals surface area (Å²) in [6.07, 6.45) is 4.97. The van der Waals surface area contributed by atoms with Crippen molar-refractivity contribution in [2.75, 3.05) is 0 Å². The molecule has 27 heavy (non-hydrogen) atoms. The second-order valence-electron chi connectivity index (χ2n) is 6.85. The van der Waals surface area contributed by atoms with Gasteiger partial charge in [0.25, 0.3) is 5.56 Å². The Morgan fingerprint density at radius 2 is 1.85 bits per heavy atom. The minimum absolute atomic E-state index is 0.139. The fraction of sp³-hybridized carbons (Fsp3) is 0.304. The van der Waals surface area contributed by atoms with E-state index in [-0.39, 0.29) is 11.1 Å². The van der Waals surface area contributed by atoms with Crippen molar-refractivity contribution in [1.82, 2.24) is 4.57 Å². The minimum Gasteiger partial charge on any atom is -0.478 e. The number of benzene rings is 1. The number of pyridine rings is 1. The second kappa shape index (κ2) is 8.21. The SMILES string of the molecule is C/C=c1/cc(-c2cc(C(=O)O)ccc2C)c(=O)n(C)/c1=C/C(C)=C(\C)CC. The molecule has 142 valence electrons. The summed E-state index contributed by atoms with van der Waals surface area (Å²) >= 11 is 0. The molecule has 0 aliphatic carbocycles. The molecule has 4 nitrogen and oxygen atoms in total. The Morgan fingerprint density at radius 1 is 1.19 bits per heavy atom. The number of nitrogens with zero attached hydrogens (tertiary/aromatic N) is 1. The highest BCUT2D eigenvalue weighted by Gasteiger charge is 2.12. The zero-order chi connectivity index (χ0) is 20.3. The van der Waals surface area contributed by atoms with Crippen molar-refractivity contribution in [1.29, 1.82) is 0 Å². The molecule has 2 rings (SSSR count). The van der Waals surface area contributed by atoms with Gasteiger partial charge in [-0.3, -0.25) is 4.79 Å². The van der Waals surface area contributed by atoms with Crippen LogP contribution in [0.2, 0.25) is 0 Å². The fourth-order valence-electron chi connectivity index (χ4n) is 3.03. The molecule has 0 radical (unpaired) electrons. The largest absolute Gasteiger partial charge is 0.478 e. The van der Waals surface area contributed by atoms with Gasteiger partial charge in [0.15, 0.2) is 0 Å². The molecule has 0 amide bonds. The molecular formula is C23H27NO3. The lowest BCUT2D eigenvalue weighted by molar-refractivity contribution is 0.0697. The van der Waals surface area contributed by atoms with Gasteiger partial charge in [-0.1, -0.05) is 30.2 Å². The van der Waals surface area contributed by atoms with Crippen molar-refractivity contribution in [3.8, 4) is 11.1 Å². The van der Waals surface area contributed by atoms with Crippen molar-refractivity contribution < 1.29 is 9.90 Å². The quantitative estimate of drug-likeness (QED) is 0.903. The van der Waals surface area contributed by atoms with E-state index in [0.29, 0.717) is 11.1 Å². The van der Waals surface area contributed by atoms with Gasteiger partial charge in [0.2, 0.25) is 0 Å². The van der Waals surface area contributed by atoms with Crippen molar-refractivity contribution in [2.24, 2.45) is 7.05 Å². The van der Waals surface area contributed by atoms with Gasteiger partial charge in [0, 0.05) is 12.6 Å². The van der Waals surface area contributed by atoms with E-state index in [1.165, 1.54) is 5.57 Å². The highest BCUT2D eigenvalue weighted by atomic mass is 16.4. The van der Waals surface area contributed by atoms with Crippen LogP contribution in [0.1, 0.15) is 50.0 Å². The first-order chi connectivity index (χ1) is 12.7. The molecule has 0 spiro atoms. The maximum Gasteiger partial charge on any atom is 0.335 e. The van der Waals surface area contributed by atoms with Crippen LogP contribution in [0.3, 0.4) is 0 Å². The molecule has 0 aliphatic heterocycles. The molecule has 0 bridgehead atoms. The van der Waals surface area contributed by atoms with Crippen LogP contribution in [-0.2, 0) is 7.05 Å². The smallest absolute Gasteiger partial charge is 0.335 e. The van der Waals surface area contributed by atoms with E-state index in [2.05, 4.69) is 20.8 Å². The Bertz CT molecular complexity index is 1100. The fourth-order valence-corrected chi connectivity index (χ4v) is 3.03. The second-order valence-corrected chi connectivity index (χ2v) is 6.85. The first-order valence-corrected chi connectivity index (χ1v) is 9.10. The molecule has 1 N–H and O–H groups in total. The summed E-state index contributed by atoms with van der Waals surface area (Å²) in [6, 6.07) is 6.73. The summed E-state index contributed by atoms with van der Waals surface area (Å²) in [7, 11) is 1.76. The summed E-state index contributed by atoms with van der Waals surface area (Å²) in [4.78, 5) is 24.4. The molecule has 0 unspecified atom stereocenters. The lowest BCUT2D eigenvalue weighted by Crippen LogP contribution is -2.42. The summed E-state index contributed by atoms with van der Waals surface area (Å²) < 4.78 is 1.64. The van der Waals surface area contributed by atoms with Crippen LogP contribution in [0.25, 0.3) is 23.3 Å². The van der Waals surface area contributed by atoms with Crippen LogP contribution in [-0.4, -0.2) is 15.6 Å². The molecule has 2 aromatic rings. The lowest BCUT2D eigenvalue weighted by Gasteiger charge is -2.11. The van der Waals surface area contributed by atoms with Crippen molar-refractivity contribution >= 4 is 18.1 Å². The molecule has 0 aliphatic rings. The van der Waals surface area contributed by atoms with E-state index >= 15 is 0 Å². The number of carboxylic acids is 1. The lowest BCUT2D eigenvalue weighted by atomic mass is 9.98. The van der Waals surface area contributed by atoms with Crippen LogP contribution >= 0.6 is 0 Å². The molecule has 0 atom stereocenters. The van der Waals surface area contributed by atoms with Crippen LogP contribution in [0.5, 0.6) is 0 Å². The van der Waals surface area contributed by atoms with Gasteiger partial charge in [-0.05, 0) is 74.7 Å². The van der Waals surface area contributed by atoms with E-state index in [1.54, 1.807) is 29.8 Å². The molecule has 0 saturated carbocycles. The van der Waals surface area contributed by atoms with E-state index in [0.717, 1.165) is 28.1 Å². The number of aryl methyl sites for hydroxylation is 1. The maximum absolute atomic E-state index is 13.1. The van der Waals surface area contributed by atoms with Gasteiger partial charge >= 0.3 is 5.97 Å². The number of carboxylic acid groups (broad SMARTS) is 1. The topological polar surface area (TPSA) is 59.3 Å². The molecule has 1 aromatic heterocycles. The van der Waals surface area contributed by atoms with Crippen LogP contribution < -0.4 is 16.1 Å². The van der Waals surface area contributed by atoms with Crippen LogP contribution in [0, 0.1) is 6.92 Å². The van der Waals surface area contributed by atoms with Gasteiger partial charge in [0.1, 0.15) is 0 Å². The van der Waals surface area contributed by atoms with Gasteiger partial charge in [0.05, 0.1) is 10.9 Å². The van der Waals surface area contributed by atoms with Gasteiger partial charge in [-0.2, -0.15) is 0 Å². The Kier molecular flexibility index (Phi) is 6.21. The minimum atomic E-state index is -1.00. The standard InChI is InChI=1S/C23H27NO3/c1-7-14(3)16(5)11-21-17(8-2)12-20(22(25)24(21)6)19-13-18(23(26)27)10-9-15(19)4/h8-13H,7H2,1-6H3,(H,26,27)/b16-14+,17-8-,21-11+. The van der Waals surface area contributed by atoms with Gasteiger partial charge in [-0.15, -0.1) is 0 Å². The summed E-state index contributed by atoms with van der Waals surface area (Å²) in [6.45, 7) is 10.1. The number of carbonyl (C=O) groups is 1. The number of aromatic nitrogens is 1. The molecular weight excluding hydrogens is 338 g/mol. The average Bonchev–Trinajstić information content (AvgIpc) is 2.65. The average molecular weight is 365 g/mol. The monoisotopic (exact) mass is 365 g/mol. The van der Waals surface area contributed by atoms with Crippen molar-refractivity contribution in [3.63, 3.8) is 0 Å². The zero-order valence-electron chi connectivity index (χ0n) is 16.9. The maximum atomic E-state index is 13.1. The third-order valence-electron chi connectivity index (χ3n) is 5.13. The summed E-state index contributed by atoms with van der Waals surface area (Å²) in [5.74, 6) is -1.00. The van der Waals surface area contributed by atoms with Crippen molar-refractivity contribution in [3.05, 3.63) is 67.5 Å². The van der Waals surface area contributed by atoms with Crippen LogP contribution in [0.15, 0.2) is 40.2 Å². The van der Waals surface area contributed by atoms with E-state index < -0.39 is 5.97 Å². The number of hydrogen-bond acceptors (Lipinski definition) is 2. The highest BCUT2D eigenvalue weighted by molar-refractivity contribution is 5.89. The van der Waals surface area contributed by atoms with Gasteiger partial charge < -0.3 is 9.67 Å². The number of allylic oxidation sites excluding steroid dienone is 2. The number of hydrogen-bond donors (Lipinski definition) is 1. The number of aromatic carboxylic acids is 1. The van der Waals surface area contributed by atoms with Crippen LogP contribution in [0.4, 0.5) is 0 Å². The van der Waals surface area contributed by atoms with E-state index in [4.69, 9.17) is 0 Å². The third-order valence-corrected chi connectivity index (χ3v) is 5.13. The van der Waals surface area contributed by atoms with E-state index in [1.807, 2.05) is 32.1 Å². The Labute approximate surface area is 159 Å². The molecule has 4 heteroatoms. The summed E-state index contributed by atoms with van der Waals surface area (Å²) in [5, 5.41) is 11.1.